The molecule has 8 heavy (non-hydrogen) atoms. The summed E-state index contributed by atoms with van der Waals surface area (Å²) >= 11 is 0. The van der Waals surface area contributed by atoms with Crippen molar-refractivity contribution in [3.05, 3.63) is 6.42 Å². The van der Waals surface area contributed by atoms with Crippen molar-refractivity contribution in [2.45, 2.75) is 33.1 Å². The molecule has 0 bridgehead atoms. The van der Waals surface area contributed by atoms with Gasteiger partial charge in [-0.2, -0.15) is 0 Å². The summed E-state index contributed by atoms with van der Waals surface area (Å²) in [6, 6.07) is 0. The normalized spacial score (nSPS) is 6.75. The van der Waals surface area contributed by atoms with Crippen molar-refractivity contribution in [2.24, 2.45) is 0 Å². The summed E-state index contributed by atoms with van der Waals surface area (Å²) in [6.45, 7) is 4.32. The first-order chi connectivity index (χ1) is 2.91. The van der Waals surface area contributed by atoms with E-state index in [-0.39, 0.29) is 44.3 Å². The molecule has 0 aliphatic heterocycles. The third-order valence-corrected chi connectivity index (χ3v) is 0.846. The molecule has 0 saturated heterocycles. The first-order valence-corrected chi connectivity index (χ1v) is 2.69. The van der Waals surface area contributed by atoms with Crippen molar-refractivity contribution in [3.63, 3.8) is 0 Å². The average molecular weight is 372 g/mol. The Morgan fingerprint density at radius 1 is 1.38 bits per heavy atom. The Bertz CT molecular complexity index is 20.5. The van der Waals surface area contributed by atoms with Gasteiger partial charge in [0.25, 0.3) is 0 Å². The molecule has 0 spiro atoms. The van der Waals surface area contributed by atoms with E-state index in [0.717, 1.165) is 0 Å². The Morgan fingerprint density at radius 3 is 2.00 bits per heavy atom. The van der Waals surface area contributed by atoms with Gasteiger partial charge in [-0.3, -0.25) is 0 Å². The van der Waals surface area contributed by atoms with Gasteiger partial charge in [-0.15, -0.1) is 0 Å². The van der Waals surface area contributed by atoms with Gasteiger partial charge in [-0.25, -0.2) is 0 Å². The second-order valence-electron chi connectivity index (χ2n) is 1.55. The average Bonchev–Trinajstić information content (AvgIpc) is 1.61. The van der Waals surface area contributed by atoms with Crippen LogP contribution in [-0.4, -0.2) is 27.3 Å². The van der Waals surface area contributed by atoms with E-state index < -0.39 is 0 Å². The number of hydrogen-bond donors (Lipinski definition) is 0. The summed E-state index contributed by atoms with van der Waals surface area (Å²) < 4.78 is 0. The van der Waals surface area contributed by atoms with Crippen LogP contribution in [-0.2, 0) is 0 Å². The van der Waals surface area contributed by atoms with E-state index in [0.29, 0.717) is 0 Å². The van der Waals surface area contributed by atoms with E-state index in [1.807, 2.05) is 0 Å². The molecule has 0 aliphatic rings. The van der Waals surface area contributed by atoms with Gasteiger partial charge in [-0.1, -0.05) is 33.1 Å². The van der Waals surface area contributed by atoms with Crippen molar-refractivity contribution < 1.29 is 17.0 Å². The van der Waals surface area contributed by atoms with E-state index in [9.17, 15) is 0 Å². The molecule has 0 nitrogen and oxygen atoms in total. The van der Waals surface area contributed by atoms with Crippen molar-refractivity contribution in [1.82, 2.24) is 0 Å². The molecule has 0 aromatic carbocycles. The van der Waals surface area contributed by atoms with Crippen molar-refractivity contribution in [2.75, 3.05) is 0 Å². The van der Waals surface area contributed by atoms with E-state index in [1.165, 1.54) is 19.3 Å². The fourth-order valence-electron chi connectivity index (χ4n) is 0.408. The molecular formula is C6H13BrPb-. The molecule has 0 aliphatic carbocycles. The topological polar surface area (TPSA) is 0 Å². The van der Waals surface area contributed by atoms with Crippen LogP contribution in [0.5, 0.6) is 0 Å². The second-order valence-corrected chi connectivity index (χ2v) is 1.55. The molecule has 0 heterocycles. The SMILES string of the molecule is C[CH]CCCC.[Br-].[Pb]. The van der Waals surface area contributed by atoms with Crippen molar-refractivity contribution in [1.29, 1.82) is 0 Å². The summed E-state index contributed by atoms with van der Waals surface area (Å²) in [4.78, 5) is 0. The van der Waals surface area contributed by atoms with Crippen LogP contribution in [0.3, 0.4) is 0 Å². The van der Waals surface area contributed by atoms with Crippen LogP contribution in [0.2, 0.25) is 0 Å². The summed E-state index contributed by atoms with van der Waals surface area (Å²) in [7, 11) is 0. The Morgan fingerprint density at radius 2 is 1.88 bits per heavy atom. The minimum Gasteiger partial charge on any atom is -1.00 e. The summed E-state index contributed by atoms with van der Waals surface area (Å²) in [6.07, 6.45) is 6.18. The molecule has 0 aromatic rings. The Balaban J connectivity index is -0.000000125. The standard InChI is InChI=1S/C6H13.BrH.Pb/c1-3-5-6-4-2;;/h3H,4-6H2,1-2H3;1H;/p-1. The molecule has 0 unspecified atom stereocenters. The zero-order chi connectivity index (χ0) is 4.83. The van der Waals surface area contributed by atoms with Gasteiger partial charge in [0.05, 0.1) is 0 Å². The molecule has 0 rings (SSSR count). The van der Waals surface area contributed by atoms with Crippen LogP contribution >= 0.6 is 0 Å². The minimum absolute atomic E-state index is 0. The van der Waals surface area contributed by atoms with Crippen LogP contribution in [0.4, 0.5) is 0 Å². The number of hydrogen-bond acceptors (Lipinski definition) is 0. The van der Waals surface area contributed by atoms with Gasteiger partial charge < -0.3 is 17.0 Å². The summed E-state index contributed by atoms with van der Waals surface area (Å²) in [5.74, 6) is 0. The Kier molecular flexibility index (Phi) is 31.9. The van der Waals surface area contributed by atoms with Gasteiger partial charge in [0, 0.05) is 27.3 Å². The predicted molar refractivity (Wildman–Crippen MR) is 35.3 cm³/mol. The zero-order valence-corrected chi connectivity index (χ0v) is 11.1. The molecule has 0 N–H and O–H groups in total. The van der Waals surface area contributed by atoms with Crippen molar-refractivity contribution in [3.8, 4) is 0 Å². The monoisotopic (exact) mass is 372 g/mol. The van der Waals surface area contributed by atoms with Gasteiger partial charge in [-0.05, 0) is 6.42 Å². The van der Waals surface area contributed by atoms with Gasteiger partial charge in [0.15, 0.2) is 0 Å². The van der Waals surface area contributed by atoms with Crippen LogP contribution in [0.25, 0.3) is 0 Å². The molecule has 0 aromatic heterocycles. The maximum Gasteiger partial charge on any atom is 0 e. The fourth-order valence-corrected chi connectivity index (χ4v) is 0.408. The largest absolute Gasteiger partial charge is 1.00 e. The summed E-state index contributed by atoms with van der Waals surface area (Å²) in [5.41, 5.74) is 0. The van der Waals surface area contributed by atoms with E-state index in [2.05, 4.69) is 20.3 Å². The van der Waals surface area contributed by atoms with Gasteiger partial charge in [0.2, 0.25) is 0 Å². The van der Waals surface area contributed by atoms with Gasteiger partial charge >= 0.3 is 0 Å². The second kappa shape index (κ2) is 15.8. The Hall–Kier alpha value is 1.40. The maximum atomic E-state index is 2.21. The van der Waals surface area contributed by atoms with Crippen LogP contribution in [0.15, 0.2) is 0 Å². The fraction of sp³-hybridized carbons (Fsp3) is 0.833. The van der Waals surface area contributed by atoms with Crippen molar-refractivity contribution >= 4 is 27.3 Å². The quantitative estimate of drug-likeness (QED) is 0.442. The first-order valence-electron chi connectivity index (χ1n) is 2.69. The first kappa shape index (κ1) is 16.2. The van der Waals surface area contributed by atoms with Crippen LogP contribution < -0.4 is 17.0 Å². The maximum absolute atomic E-state index is 2.21. The summed E-state index contributed by atoms with van der Waals surface area (Å²) in [5, 5.41) is 0. The number of rotatable bonds is 3. The third kappa shape index (κ3) is 15.7. The minimum atomic E-state index is 0. The molecule has 0 amide bonds. The Labute approximate surface area is 83.4 Å². The van der Waals surface area contributed by atoms with Crippen LogP contribution in [0, 0.1) is 6.42 Å². The van der Waals surface area contributed by atoms with Gasteiger partial charge in [0.1, 0.15) is 0 Å². The van der Waals surface area contributed by atoms with E-state index in [1.54, 1.807) is 0 Å². The molecule has 0 fully saturated rings. The number of unbranched alkanes of at least 4 members (excludes halogenated alkanes) is 3. The number of halogens is 1. The molecule has 0 atom stereocenters. The van der Waals surface area contributed by atoms with E-state index >= 15 is 0 Å². The molecule has 2 heteroatoms. The molecule has 0 saturated carbocycles. The zero-order valence-electron chi connectivity index (χ0n) is 5.58. The molecule has 49 valence electrons. The van der Waals surface area contributed by atoms with Crippen LogP contribution in [0.1, 0.15) is 33.1 Å². The smallest absolute Gasteiger partial charge is 0 e. The molecule has 5 radical (unpaired) electrons. The van der Waals surface area contributed by atoms with E-state index in [4.69, 9.17) is 0 Å². The predicted octanol–water partition coefficient (Wildman–Crippen LogP) is -0.976. The molecular weight excluding hydrogens is 359 g/mol. The third-order valence-electron chi connectivity index (χ3n) is 0.846.